The maximum Gasteiger partial charge on any atom is 0.221 e. The van der Waals surface area contributed by atoms with E-state index in [2.05, 4.69) is 29.6 Å². The molecule has 1 aliphatic carbocycles. The number of carbonyl (C=O) groups is 1. The van der Waals surface area contributed by atoms with Crippen LogP contribution in [0.1, 0.15) is 38.5 Å². The molecule has 0 spiro atoms. The molecule has 0 bridgehead atoms. The molecule has 1 amide bonds. The first-order valence-electron chi connectivity index (χ1n) is 8.41. The van der Waals surface area contributed by atoms with Gasteiger partial charge in [0.05, 0.1) is 13.2 Å². The van der Waals surface area contributed by atoms with Crippen LogP contribution in [0.2, 0.25) is 0 Å². The summed E-state index contributed by atoms with van der Waals surface area (Å²) in [6.45, 7) is 3.01. The van der Waals surface area contributed by atoms with Crippen molar-refractivity contribution in [3.63, 3.8) is 0 Å². The Hall–Kier alpha value is -0.0700. The van der Waals surface area contributed by atoms with Gasteiger partial charge in [-0.25, -0.2) is 0 Å². The van der Waals surface area contributed by atoms with Crippen LogP contribution in [-0.4, -0.2) is 63.3 Å². The summed E-state index contributed by atoms with van der Waals surface area (Å²) in [6.07, 6.45) is 7.17. The average molecular weight is 370 g/mol. The van der Waals surface area contributed by atoms with E-state index >= 15 is 0 Å². The molecule has 1 heterocycles. The van der Waals surface area contributed by atoms with E-state index in [1.54, 1.807) is 0 Å². The summed E-state index contributed by atoms with van der Waals surface area (Å²) in [5, 5.41) is 6.46. The Morgan fingerprint density at radius 1 is 1.26 bits per heavy atom. The van der Waals surface area contributed by atoms with Crippen molar-refractivity contribution in [2.75, 3.05) is 40.4 Å². The van der Waals surface area contributed by atoms with Gasteiger partial charge in [0.25, 0.3) is 0 Å². The van der Waals surface area contributed by atoms with Crippen LogP contribution < -0.4 is 10.6 Å². The lowest BCUT2D eigenvalue weighted by Crippen LogP contribution is -2.48. The van der Waals surface area contributed by atoms with Gasteiger partial charge in [0.15, 0.2) is 0 Å². The molecule has 1 aliphatic heterocycles. The minimum atomic E-state index is 0. The molecule has 2 aliphatic rings. The van der Waals surface area contributed by atoms with Gasteiger partial charge in [-0.1, -0.05) is 19.3 Å². The van der Waals surface area contributed by atoms with Gasteiger partial charge in [-0.15, -0.1) is 24.8 Å². The van der Waals surface area contributed by atoms with E-state index in [-0.39, 0.29) is 36.8 Å². The zero-order chi connectivity index (χ0) is 15.1. The topological polar surface area (TPSA) is 53.6 Å². The predicted octanol–water partition coefficient (Wildman–Crippen LogP) is 1.84. The smallest absolute Gasteiger partial charge is 0.221 e. The number of nitrogens with zero attached hydrogens (tertiary/aromatic N) is 1. The number of morpholine rings is 1. The van der Waals surface area contributed by atoms with Gasteiger partial charge >= 0.3 is 0 Å². The Morgan fingerprint density at radius 3 is 2.52 bits per heavy atom. The largest absolute Gasteiger partial charge is 0.378 e. The van der Waals surface area contributed by atoms with Crippen LogP contribution in [0.25, 0.3) is 0 Å². The maximum atomic E-state index is 12.1. The first-order valence-corrected chi connectivity index (χ1v) is 8.41. The Morgan fingerprint density at radius 2 is 1.96 bits per heavy atom. The minimum absolute atomic E-state index is 0. The van der Waals surface area contributed by atoms with Crippen molar-refractivity contribution in [1.29, 1.82) is 0 Å². The van der Waals surface area contributed by atoms with Crippen LogP contribution >= 0.6 is 24.8 Å². The average Bonchev–Trinajstić information content (AvgIpc) is 2.49. The molecule has 23 heavy (non-hydrogen) atoms. The van der Waals surface area contributed by atoms with E-state index in [4.69, 9.17) is 4.74 Å². The molecule has 0 aromatic heterocycles. The summed E-state index contributed by atoms with van der Waals surface area (Å²) in [7, 11) is 4.25. The van der Waals surface area contributed by atoms with Crippen LogP contribution in [0.15, 0.2) is 0 Å². The number of nitrogens with one attached hydrogen (secondary N) is 2. The first kappa shape index (κ1) is 22.9. The molecule has 2 unspecified atom stereocenters. The number of likely N-dealkylation sites (N-methyl/N-ethyl adjacent to an activating group) is 1. The van der Waals surface area contributed by atoms with Crippen molar-refractivity contribution in [3.8, 4) is 0 Å². The molecule has 1 saturated carbocycles. The number of amides is 1. The summed E-state index contributed by atoms with van der Waals surface area (Å²) in [5.41, 5.74) is 0. The highest BCUT2D eigenvalue weighted by Crippen LogP contribution is 2.28. The molecular formula is C16H33Cl2N3O2. The molecule has 2 fully saturated rings. The van der Waals surface area contributed by atoms with Gasteiger partial charge in [0.1, 0.15) is 0 Å². The van der Waals surface area contributed by atoms with Crippen LogP contribution in [0, 0.1) is 5.92 Å². The number of rotatable bonds is 6. The van der Waals surface area contributed by atoms with E-state index in [9.17, 15) is 4.79 Å². The third-order valence-electron chi connectivity index (χ3n) is 4.80. The molecule has 2 N–H and O–H groups in total. The third kappa shape index (κ3) is 8.03. The first-order chi connectivity index (χ1) is 10.2. The predicted molar refractivity (Wildman–Crippen MR) is 98.8 cm³/mol. The summed E-state index contributed by atoms with van der Waals surface area (Å²) >= 11 is 0. The second-order valence-electron chi connectivity index (χ2n) is 6.66. The monoisotopic (exact) mass is 369 g/mol. The highest BCUT2D eigenvalue weighted by Gasteiger charge is 2.26. The van der Waals surface area contributed by atoms with Gasteiger partial charge in [-0.05, 0) is 32.9 Å². The van der Waals surface area contributed by atoms with Gasteiger partial charge in [0, 0.05) is 31.6 Å². The van der Waals surface area contributed by atoms with E-state index in [1.165, 1.54) is 32.1 Å². The Balaban J connectivity index is 0.00000242. The molecule has 5 nitrogen and oxygen atoms in total. The fourth-order valence-electron chi connectivity index (χ4n) is 3.56. The lowest BCUT2D eigenvalue weighted by Gasteiger charge is -2.35. The summed E-state index contributed by atoms with van der Waals surface area (Å²) in [4.78, 5) is 14.4. The molecule has 0 aromatic rings. The lowest BCUT2D eigenvalue weighted by atomic mass is 9.83. The summed E-state index contributed by atoms with van der Waals surface area (Å²) < 4.78 is 5.39. The van der Waals surface area contributed by atoms with E-state index < -0.39 is 0 Å². The van der Waals surface area contributed by atoms with Crippen LogP contribution in [0.4, 0.5) is 0 Å². The summed E-state index contributed by atoms with van der Waals surface area (Å²) in [5.74, 6) is 0.867. The highest BCUT2D eigenvalue weighted by atomic mass is 35.5. The quantitative estimate of drug-likeness (QED) is 0.749. The SMILES string of the molecule is CN(C)C(CNC(=O)CC1COCCN1)C1CCCCC1.Cl.Cl. The van der Waals surface area contributed by atoms with Crippen LogP contribution in [0.5, 0.6) is 0 Å². The minimum Gasteiger partial charge on any atom is -0.378 e. The number of ether oxygens (including phenoxy) is 1. The molecule has 0 aromatic carbocycles. The normalized spacial score (nSPS) is 23.5. The maximum absolute atomic E-state index is 12.1. The fraction of sp³-hybridized carbons (Fsp3) is 0.938. The van der Waals surface area contributed by atoms with Crippen LogP contribution in [-0.2, 0) is 9.53 Å². The number of hydrogen-bond donors (Lipinski definition) is 2. The number of halogens is 2. The van der Waals surface area contributed by atoms with Crippen molar-refractivity contribution in [1.82, 2.24) is 15.5 Å². The highest BCUT2D eigenvalue weighted by molar-refractivity contribution is 5.85. The molecular weight excluding hydrogens is 337 g/mol. The Labute approximate surface area is 153 Å². The second kappa shape index (κ2) is 12.3. The van der Waals surface area contributed by atoms with Crippen molar-refractivity contribution in [2.45, 2.75) is 50.6 Å². The Kier molecular flexibility index (Phi) is 12.3. The molecule has 2 rings (SSSR count). The van der Waals surface area contributed by atoms with Crippen molar-refractivity contribution in [3.05, 3.63) is 0 Å². The van der Waals surface area contributed by atoms with Crippen molar-refractivity contribution in [2.24, 2.45) is 5.92 Å². The van der Waals surface area contributed by atoms with Gasteiger partial charge in [0.2, 0.25) is 5.91 Å². The zero-order valence-electron chi connectivity index (χ0n) is 14.4. The fourth-order valence-corrected chi connectivity index (χ4v) is 3.56. The zero-order valence-corrected chi connectivity index (χ0v) is 16.0. The van der Waals surface area contributed by atoms with E-state index in [1.807, 2.05) is 0 Å². The standard InChI is InChI=1S/C16H31N3O2.2ClH/c1-19(2)15(13-6-4-3-5-7-13)11-18-16(20)10-14-12-21-9-8-17-14;;/h13-15,17H,3-12H2,1-2H3,(H,18,20);2*1H. The van der Waals surface area contributed by atoms with E-state index in [0.717, 1.165) is 25.6 Å². The van der Waals surface area contributed by atoms with Gasteiger partial charge in [-0.3, -0.25) is 4.79 Å². The lowest BCUT2D eigenvalue weighted by molar-refractivity contribution is -0.122. The number of carbonyl (C=O) groups excluding carboxylic acids is 1. The third-order valence-corrected chi connectivity index (χ3v) is 4.80. The molecule has 138 valence electrons. The van der Waals surface area contributed by atoms with Crippen molar-refractivity contribution >= 4 is 30.7 Å². The molecule has 2 atom stereocenters. The Bertz CT molecular complexity index is 320. The van der Waals surface area contributed by atoms with Crippen molar-refractivity contribution < 1.29 is 9.53 Å². The molecule has 0 radical (unpaired) electrons. The number of hydrogen-bond acceptors (Lipinski definition) is 4. The van der Waals surface area contributed by atoms with E-state index in [0.29, 0.717) is 19.1 Å². The van der Waals surface area contributed by atoms with Gasteiger partial charge in [-0.2, -0.15) is 0 Å². The van der Waals surface area contributed by atoms with Crippen LogP contribution in [0.3, 0.4) is 0 Å². The molecule has 1 saturated heterocycles. The second-order valence-corrected chi connectivity index (χ2v) is 6.66. The summed E-state index contributed by atoms with van der Waals surface area (Å²) in [6, 6.07) is 0.635. The van der Waals surface area contributed by atoms with Gasteiger partial charge < -0.3 is 20.3 Å². The molecule has 7 heteroatoms.